The molecule has 40 heavy (non-hydrogen) atoms. The number of allylic oxidation sites excluding steroid dienone is 2. The van der Waals surface area contributed by atoms with Gasteiger partial charge in [0.25, 0.3) is 0 Å². The first-order valence-corrected chi connectivity index (χ1v) is 14.0. The number of fused-ring (bicyclic) bond motifs is 6. The first kappa shape index (κ1) is 23.0. The van der Waals surface area contributed by atoms with Gasteiger partial charge in [-0.3, -0.25) is 9.97 Å². The Bertz CT molecular complexity index is 1890. The maximum absolute atomic E-state index is 4.88. The van der Waals surface area contributed by atoms with E-state index in [9.17, 15) is 0 Å². The van der Waals surface area contributed by atoms with Crippen molar-refractivity contribution in [1.29, 1.82) is 0 Å². The predicted molar refractivity (Wildman–Crippen MR) is 164 cm³/mol. The summed E-state index contributed by atoms with van der Waals surface area (Å²) in [6.07, 6.45) is 12.1. The largest absolute Gasteiger partial charge is 0.332 e. The van der Waals surface area contributed by atoms with Crippen molar-refractivity contribution in [2.45, 2.75) is 25.3 Å². The van der Waals surface area contributed by atoms with Gasteiger partial charge in [0.15, 0.2) is 0 Å². The van der Waals surface area contributed by atoms with Crippen LogP contribution in [0.5, 0.6) is 0 Å². The van der Waals surface area contributed by atoms with Gasteiger partial charge < -0.3 is 9.47 Å². The van der Waals surface area contributed by atoms with E-state index < -0.39 is 0 Å². The molecule has 0 radical (unpaired) electrons. The number of rotatable bonds is 4. The summed E-state index contributed by atoms with van der Waals surface area (Å²) < 4.78 is 2.29. The highest BCUT2D eigenvalue weighted by Gasteiger charge is 2.37. The third-order valence-electron chi connectivity index (χ3n) is 8.41. The van der Waals surface area contributed by atoms with Gasteiger partial charge >= 0.3 is 0 Å². The minimum atomic E-state index is 0.268. The van der Waals surface area contributed by atoms with Gasteiger partial charge in [0.2, 0.25) is 0 Å². The Hall–Kier alpha value is -4.96. The van der Waals surface area contributed by atoms with Crippen molar-refractivity contribution in [3.05, 3.63) is 139 Å². The molecule has 192 valence electrons. The van der Waals surface area contributed by atoms with E-state index in [0.717, 1.165) is 29.2 Å². The lowest BCUT2D eigenvalue weighted by Crippen LogP contribution is -2.29. The van der Waals surface area contributed by atoms with E-state index in [1.165, 1.54) is 38.6 Å². The van der Waals surface area contributed by atoms with E-state index in [1.54, 1.807) is 0 Å². The highest BCUT2D eigenvalue weighted by Crippen LogP contribution is 2.48. The molecule has 2 atom stereocenters. The van der Waals surface area contributed by atoms with E-state index in [2.05, 4.69) is 132 Å². The van der Waals surface area contributed by atoms with Gasteiger partial charge in [-0.2, -0.15) is 0 Å². The number of hydrogen-bond donors (Lipinski definition) is 0. The second-order valence-electron chi connectivity index (χ2n) is 10.6. The van der Waals surface area contributed by atoms with Crippen LogP contribution in [0.25, 0.3) is 38.9 Å². The molecule has 2 unspecified atom stereocenters. The monoisotopic (exact) mass is 516 g/mol. The molecule has 6 aromatic rings. The summed E-state index contributed by atoms with van der Waals surface area (Å²) in [7, 11) is 0. The van der Waals surface area contributed by atoms with Crippen molar-refractivity contribution in [3.63, 3.8) is 0 Å². The molecule has 0 bridgehead atoms. The zero-order chi connectivity index (χ0) is 26.6. The number of pyridine rings is 2. The topological polar surface area (TPSA) is 34.0 Å². The van der Waals surface area contributed by atoms with Crippen LogP contribution in [0.1, 0.15) is 24.8 Å². The van der Waals surface area contributed by atoms with Crippen molar-refractivity contribution in [3.8, 4) is 17.1 Å². The van der Waals surface area contributed by atoms with Gasteiger partial charge in [0, 0.05) is 22.4 Å². The van der Waals surface area contributed by atoms with E-state index in [0.29, 0.717) is 5.92 Å². The maximum atomic E-state index is 4.88. The molecular formula is C36H28N4. The lowest BCUT2D eigenvalue weighted by Gasteiger charge is -2.29. The lowest BCUT2D eigenvalue weighted by atomic mass is 9.88. The third-order valence-corrected chi connectivity index (χ3v) is 8.41. The molecule has 4 nitrogen and oxygen atoms in total. The summed E-state index contributed by atoms with van der Waals surface area (Å²) in [4.78, 5) is 12.2. The van der Waals surface area contributed by atoms with Gasteiger partial charge in [-0.25, -0.2) is 0 Å². The normalized spacial score (nSPS) is 17.7. The average Bonchev–Trinajstić information content (AvgIpc) is 3.54. The molecule has 8 rings (SSSR count). The van der Waals surface area contributed by atoms with Crippen LogP contribution >= 0.6 is 0 Å². The minimum absolute atomic E-state index is 0.268. The van der Waals surface area contributed by atoms with Gasteiger partial charge in [-0.15, -0.1) is 0 Å². The van der Waals surface area contributed by atoms with Gasteiger partial charge in [0.1, 0.15) is 0 Å². The van der Waals surface area contributed by atoms with Gasteiger partial charge in [-0.1, -0.05) is 85.3 Å². The van der Waals surface area contributed by atoms with Crippen LogP contribution in [0, 0.1) is 0 Å². The van der Waals surface area contributed by atoms with Gasteiger partial charge in [0.05, 0.1) is 52.2 Å². The summed E-state index contributed by atoms with van der Waals surface area (Å²) in [5.41, 5.74) is 10.3. The fourth-order valence-electron chi connectivity index (χ4n) is 6.49. The number of nitrogens with zero attached hydrogens (tertiary/aromatic N) is 4. The molecule has 0 amide bonds. The number of hydrogen-bond acceptors (Lipinski definition) is 3. The van der Waals surface area contributed by atoms with Crippen molar-refractivity contribution >= 4 is 33.2 Å². The first-order valence-electron chi connectivity index (χ1n) is 14.0. The Labute approximate surface area is 233 Å². The summed E-state index contributed by atoms with van der Waals surface area (Å²) in [5, 5.41) is 2.50. The minimum Gasteiger partial charge on any atom is -0.332 e. The molecule has 0 fully saturated rings. The number of aromatic nitrogens is 3. The Morgan fingerprint density at radius 3 is 1.95 bits per heavy atom. The zero-order valence-electron chi connectivity index (χ0n) is 22.3. The van der Waals surface area contributed by atoms with Crippen LogP contribution in [-0.2, 0) is 0 Å². The van der Waals surface area contributed by atoms with Crippen LogP contribution in [0.2, 0.25) is 0 Å². The first-order chi connectivity index (χ1) is 19.8. The molecule has 3 aromatic heterocycles. The molecule has 3 aromatic carbocycles. The standard InChI is InChI=1S/C36H28N4/c1-2-24-15-20-36-30(21-24)29-11-5-8-14-35(29)40(36)26-17-19-32(38-23-26)31-18-16-25(22-37-31)39-33-12-6-3-9-27(33)28-10-4-7-13-34(28)39/h3-23,30,36H,2H2,1H3. The van der Waals surface area contributed by atoms with E-state index >= 15 is 0 Å². The molecule has 0 spiro atoms. The Kier molecular flexibility index (Phi) is 5.20. The number of para-hydroxylation sites is 3. The van der Waals surface area contributed by atoms with Crippen molar-refractivity contribution in [2.24, 2.45) is 0 Å². The Morgan fingerprint density at radius 2 is 1.30 bits per heavy atom. The molecule has 0 saturated carbocycles. The zero-order valence-corrected chi connectivity index (χ0v) is 22.3. The van der Waals surface area contributed by atoms with E-state index in [4.69, 9.17) is 9.97 Å². The average molecular weight is 517 g/mol. The van der Waals surface area contributed by atoms with Crippen LogP contribution < -0.4 is 4.90 Å². The molecule has 4 heteroatoms. The van der Waals surface area contributed by atoms with Gasteiger partial charge in [-0.05, 0) is 54.4 Å². The predicted octanol–water partition coefficient (Wildman–Crippen LogP) is 8.75. The molecule has 1 aliphatic carbocycles. The smallest absolute Gasteiger partial charge is 0.0887 e. The summed E-state index contributed by atoms with van der Waals surface area (Å²) in [6.45, 7) is 2.22. The maximum Gasteiger partial charge on any atom is 0.0887 e. The molecule has 1 aliphatic heterocycles. The van der Waals surface area contributed by atoms with Crippen LogP contribution in [0.15, 0.2) is 133 Å². The lowest BCUT2D eigenvalue weighted by molar-refractivity contribution is 0.733. The third kappa shape index (κ3) is 3.46. The quantitative estimate of drug-likeness (QED) is 0.235. The molecule has 2 aliphatic rings. The van der Waals surface area contributed by atoms with E-state index in [-0.39, 0.29) is 6.04 Å². The Morgan fingerprint density at radius 1 is 0.675 bits per heavy atom. The summed E-state index contributed by atoms with van der Waals surface area (Å²) in [5.74, 6) is 0.367. The number of anilines is 2. The fourth-order valence-corrected chi connectivity index (χ4v) is 6.49. The van der Waals surface area contributed by atoms with Crippen LogP contribution in [-0.4, -0.2) is 20.6 Å². The molecule has 4 heterocycles. The second kappa shape index (κ2) is 9.06. The SMILES string of the molecule is CCC1=CC2c3ccccc3N(c3ccc(-c4ccc(-n5c6ccccc6c6ccccc65)cn4)nc3)C2C=C1. The molecular weight excluding hydrogens is 488 g/mol. The highest BCUT2D eigenvalue weighted by atomic mass is 15.2. The Balaban J connectivity index is 1.13. The fraction of sp³-hybridized carbons (Fsp3) is 0.111. The van der Waals surface area contributed by atoms with Crippen LogP contribution in [0.4, 0.5) is 11.4 Å². The highest BCUT2D eigenvalue weighted by molar-refractivity contribution is 6.09. The van der Waals surface area contributed by atoms with Crippen molar-refractivity contribution in [2.75, 3.05) is 4.90 Å². The molecule has 0 saturated heterocycles. The van der Waals surface area contributed by atoms with Crippen molar-refractivity contribution < 1.29 is 0 Å². The number of benzene rings is 3. The second-order valence-corrected chi connectivity index (χ2v) is 10.6. The summed E-state index contributed by atoms with van der Waals surface area (Å²) in [6, 6.07) is 34.6. The van der Waals surface area contributed by atoms with Crippen LogP contribution in [0.3, 0.4) is 0 Å². The van der Waals surface area contributed by atoms with E-state index in [1.807, 2.05) is 12.4 Å². The van der Waals surface area contributed by atoms with Crippen molar-refractivity contribution in [1.82, 2.24) is 14.5 Å². The molecule has 0 N–H and O–H groups in total. The summed E-state index contributed by atoms with van der Waals surface area (Å²) >= 11 is 0.